The Morgan fingerprint density at radius 2 is 1.82 bits per heavy atom. The largest absolute Gasteiger partial charge is 0.341 e. The molecule has 0 radical (unpaired) electrons. The van der Waals surface area contributed by atoms with Crippen LogP contribution in [0.25, 0.3) is 5.69 Å². The summed E-state index contributed by atoms with van der Waals surface area (Å²) in [4.78, 5) is 27.5. The lowest BCUT2D eigenvalue weighted by atomic mass is 9.93. The molecule has 2 aliphatic rings. The van der Waals surface area contributed by atoms with E-state index < -0.39 is 6.04 Å². The zero-order valence-corrected chi connectivity index (χ0v) is 16.6. The van der Waals surface area contributed by atoms with Crippen LogP contribution in [0.5, 0.6) is 0 Å². The predicted octanol–water partition coefficient (Wildman–Crippen LogP) is 2.96. The van der Waals surface area contributed by atoms with Gasteiger partial charge in [-0.2, -0.15) is 5.10 Å². The average molecular weight is 380 g/mol. The van der Waals surface area contributed by atoms with Crippen molar-refractivity contribution in [1.29, 1.82) is 0 Å². The molecule has 1 N–H and O–H groups in total. The van der Waals surface area contributed by atoms with Crippen molar-refractivity contribution >= 4 is 11.8 Å². The molecule has 1 spiro atoms. The first-order chi connectivity index (χ1) is 13.5. The Morgan fingerprint density at radius 1 is 1.14 bits per heavy atom. The molecule has 28 heavy (non-hydrogen) atoms. The first-order valence-electron chi connectivity index (χ1n) is 10.2. The predicted molar refractivity (Wildman–Crippen MR) is 107 cm³/mol. The van der Waals surface area contributed by atoms with Crippen LogP contribution in [0.2, 0.25) is 0 Å². The van der Waals surface area contributed by atoms with Gasteiger partial charge in [0, 0.05) is 13.1 Å². The van der Waals surface area contributed by atoms with E-state index in [9.17, 15) is 9.59 Å². The van der Waals surface area contributed by atoms with Gasteiger partial charge in [-0.25, -0.2) is 4.68 Å². The minimum Gasteiger partial charge on any atom is -0.341 e. The maximum atomic E-state index is 12.8. The molecule has 1 saturated carbocycles. The normalized spacial score (nSPS) is 18.7. The van der Waals surface area contributed by atoms with Crippen molar-refractivity contribution in [2.24, 2.45) is 5.41 Å². The first-order valence-corrected chi connectivity index (χ1v) is 10.2. The van der Waals surface area contributed by atoms with Crippen LogP contribution in [0, 0.1) is 5.41 Å². The number of piperidine rings is 1. The maximum Gasteiger partial charge on any atom is 0.255 e. The number of benzene rings is 1. The second-order valence-corrected chi connectivity index (χ2v) is 8.13. The summed E-state index contributed by atoms with van der Waals surface area (Å²) >= 11 is 0. The molecule has 1 saturated heterocycles. The lowest BCUT2D eigenvalue weighted by molar-refractivity contribution is -0.134. The highest BCUT2D eigenvalue weighted by Gasteiger charge is 2.45. The molecule has 6 heteroatoms. The van der Waals surface area contributed by atoms with Crippen LogP contribution in [-0.2, 0) is 11.2 Å². The third-order valence-electron chi connectivity index (χ3n) is 6.26. The Kier molecular flexibility index (Phi) is 4.96. The van der Waals surface area contributed by atoms with E-state index in [2.05, 4.69) is 10.4 Å². The average Bonchev–Trinajstić information content (AvgIpc) is 3.33. The van der Waals surface area contributed by atoms with Crippen LogP contribution in [0.15, 0.2) is 36.5 Å². The van der Waals surface area contributed by atoms with E-state index in [0.29, 0.717) is 17.4 Å². The van der Waals surface area contributed by atoms with Gasteiger partial charge in [0.05, 0.1) is 23.1 Å². The van der Waals surface area contributed by atoms with Gasteiger partial charge in [0.1, 0.15) is 6.04 Å². The van der Waals surface area contributed by atoms with Gasteiger partial charge in [-0.1, -0.05) is 25.1 Å². The molecule has 1 aromatic carbocycles. The highest BCUT2D eigenvalue weighted by Crippen LogP contribution is 2.53. The molecule has 6 nitrogen and oxygen atoms in total. The van der Waals surface area contributed by atoms with Crippen molar-refractivity contribution in [2.45, 2.75) is 52.0 Å². The molecule has 1 aliphatic carbocycles. The van der Waals surface area contributed by atoms with E-state index in [0.717, 1.165) is 37.3 Å². The number of carbonyl (C=O) groups is 2. The van der Waals surface area contributed by atoms with Crippen LogP contribution in [0.4, 0.5) is 0 Å². The molecule has 4 rings (SSSR count). The molecule has 148 valence electrons. The second kappa shape index (κ2) is 7.41. The van der Waals surface area contributed by atoms with Gasteiger partial charge in [0.15, 0.2) is 0 Å². The summed E-state index contributed by atoms with van der Waals surface area (Å²) in [5, 5.41) is 7.29. The van der Waals surface area contributed by atoms with Gasteiger partial charge >= 0.3 is 0 Å². The van der Waals surface area contributed by atoms with E-state index in [4.69, 9.17) is 0 Å². The molecular weight excluding hydrogens is 352 g/mol. The molecule has 2 heterocycles. The fourth-order valence-corrected chi connectivity index (χ4v) is 4.18. The second-order valence-electron chi connectivity index (χ2n) is 8.13. The van der Waals surface area contributed by atoms with Crippen molar-refractivity contribution in [3.63, 3.8) is 0 Å². The minimum atomic E-state index is -0.537. The van der Waals surface area contributed by atoms with Gasteiger partial charge in [0.25, 0.3) is 5.91 Å². The van der Waals surface area contributed by atoms with E-state index in [-0.39, 0.29) is 11.8 Å². The Labute approximate surface area is 165 Å². The first kappa shape index (κ1) is 18.7. The smallest absolute Gasteiger partial charge is 0.255 e. The topological polar surface area (TPSA) is 67.2 Å². The number of amides is 2. The van der Waals surface area contributed by atoms with Gasteiger partial charge < -0.3 is 10.2 Å². The highest BCUT2D eigenvalue weighted by molar-refractivity contribution is 5.98. The van der Waals surface area contributed by atoms with Crippen molar-refractivity contribution in [2.75, 3.05) is 13.1 Å². The van der Waals surface area contributed by atoms with Gasteiger partial charge in [0.2, 0.25) is 5.91 Å². The number of carbonyl (C=O) groups excluding carboxylic acids is 2. The summed E-state index contributed by atoms with van der Waals surface area (Å²) in [6, 6.07) is 9.23. The molecule has 2 fully saturated rings. The molecule has 1 atom stereocenters. The molecule has 1 aromatic heterocycles. The number of nitrogens with zero attached hydrogens (tertiary/aromatic N) is 3. The summed E-state index contributed by atoms with van der Waals surface area (Å²) in [5.41, 5.74) is 2.83. The summed E-state index contributed by atoms with van der Waals surface area (Å²) < 4.78 is 1.79. The minimum absolute atomic E-state index is 0.0114. The lowest BCUT2D eigenvalue weighted by Crippen LogP contribution is -2.49. The van der Waals surface area contributed by atoms with Crippen LogP contribution < -0.4 is 5.32 Å². The summed E-state index contributed by atoms with van der Waals surface area (Å²) in [6.45, 7) is 5.40. The van der Waals surface area contributed by atoms with Crippen molar-refractivity contribution in [3.05, 3.63) is 47.8 Å². The lowest BCUT2D eigenvalue weighted by Gasteiger charge is -2.33. The fourth-order valence-electron chi connectivity index (χ4n) is 4.18. The zero-order valence-electron chi connectivity index (χ0n) is 16.6. The van der Waals surface area contributed by atoms with Crippen LogP contribution >= 0.6 is 0 Å². The van der Waals surface area contributed by atoms with Crippen molar-refractivity contribution in [3.8, 4) is 5.69 Å². The molecule has 1 aliphatic heterocycles. The quantitative estimate of drug-likeness (QED) is 0.867. The Morgan fingerprint density at radius 3 is 2.43 bits per heavy atom. The Bertz CT molecular complexity index is 860. The number of likely N-dealkylation sites (tertiary alicyclic amines) is 1. The molecule has 2 aromatic rings. The van der Waals surface area contributed by atoms with Gasteiger partial charge in [-0.05, 0) is 56.6 Å². The van der Waals surface area contributed by atoms with Crippen molar-refractivity contribution < 1.29 is 9.59 Å². The van der Waals surface area contributed by atoms with Crippen LogP contribution in [-0.4, -0.2) is 45.6 Å². The monoisotopic (exact) mass is 380 g/mol. The van der Waals surface area contributed by atoms with Crippen LogP contribution in [0.1, 0.15) is 55.6 Å². The zero-order chi connectivity index (χ0) is 19.7. The van der Waals surface area contributed by atoms with Crippen LogP contribution in [0.3, 0.4) is 0 Å². The van der Waals surface area contributed by atoms with Crippen molar-refractivity contribution in [1.82, 2.24) is 20.0 Å². The third-order valence-corrected chi connectivity index (χ3v) is 6.26. The summed E-state index contributed by atoms with van der Waals surface area (Å²) in [7, 11) is 0. The van der Waals surface area contributed by atoms with E-state index in [1.165, 1.54) is 12.8 Å². The van der Waals surface area contributed by atoms with E-state index in [1.807, 2.05) is 42.2 Å². The number of hydrogen-bond donors (Lipinski definition) is 1. The number of para-hydroxylation sites is 1. The number of aromatic nitrogens is 2. The fraction of sp³-hybridized carbons (Fsp3) is 0.500. The standard InChI is InChI=1S/C22H28N4O2/c1-3-19-18(15-23-26(19)17-7-5-4-6-8-17)20(27)24-16(2)21(28)25-13-11-22(9-10-22)12-14-25/h4-8,15-16H,3,9-14H2,1-2H3,(H,24,27). The Balaban J connectivity index is 1.43. The molecule has 1 unspecified atom stereocenters. The summed E-state index contributed by atoms with van der Waals surface area (Å²) in [5.74, 6) is -0.229. The maximum absolute atomic E-state index is 12.8. The van der Waals surface area contributed by atoms with E-state index in [1.54, 1.807) is 17.8 Å². The molecule has 2 amide bonds. The Hall–Kier alpha value is -2.63. The van der Waals surface area contributed by atoms with Gasteiger partial charge in [-0.3, -0.25) is 9.59 Å². The molecular formula is C22H28N4O2. The number of rotatable bonds is 5. The highest BCUT2D eigenvalue weighted by atomic mass is 16.2. The van der Waals surface area contributed by atoms with Gasteiger partial charge in [-0.15, -0.1) is 0 Å². The molecule has 0 bridgehead atoms. The summed E-state index contributed by atoms with van der Waals surface area (Å²) in [6.07, 6.45) is 7.09. The van der Waals surface area contributed by atoms with E-state index >= 15 is 0 Å². The number of nitrogens with one attached hydrogen (secondary N) is 1. The third kappa shape index (κ3) is 3.55. The SMILES string of the molecule is CCc1c(C(=O)NC(C)C(=O)N2CCC3(CC2)CC3)cnn1-c1ccccc1. The number of hydrogen-bond acceptors (Lipinski definition) is 3.